The van der Waals surface area contributed by atoms with E-state index >= 15 is 0 Å². The van der Waals surface area contributed by atoms with Gasteiger partial charge in [-0.25, -0.2) is 0 Å². The third kappa shape index (κ3) is 8.16. The molecule has 2 heterocycles. The molecule has 2 rings (SSSR count). The van der Waals surface area contributed by atoms with E-state index in [-0.39, 0.29) is 0 Å². The van der Waals surface area contributed by atoms with Crippen molar-refractivity contribution in [3.8, 4) is 9.75 Å². The second-order valence-electron chi connectivity index (χ2n) is 6.34. The number of halogens is 2. The third-order valence-electron chi connectivity index (χ3n) is 4.28. The lowest BCUT2D eigenvalue weighted by Gasteiger charge is -2.02. The van der Waals surface area contributed by atoms with E-state index in [1.807, 2.05) is 22.7 Å². The van der Waals surface area contributed by atoms with E-state index in [2.05, 4.69) is 56.1 Å². The first-order valence-corrected chi connectivity index (χ1v) is 12.7. The van der Waals surface area contributed by atoms with Gasteiger partial charge in [0.15, 0.2) is 0 Å². The van der Waals surface area contributed by atoms with Crippen LogP contribution in [0, 0.1) is 0 Å². The summed E-state index contributed by atoms with van der Waals surface area (Å²) in [4.78, 5) is 4.34. The number of unbranched alkanes of at least 4 members (excludes halogenated alkanes) is 9. The minimum Gasteiger partial charge on any atom is -0.139 e. The summed E-state index contributed by atoms with van der Waals surface area (Å²) in [7, 11) is 0. The molecule has 0 saturated carbocycles. The van der Waals surface area contributed by atoms with Crippen LogP contribution in [0.25, 0.3) is 9.75 Å². The molecule has 0 aliphatic heterocycles. The van der Waals surface area contributed by atoms with E-state index in [0.29, 0.717) is 0 Å². The molecule has 0 aromatic carbocycles. The molecule has 0 unspecified atom stereocenters. The topological polar surface area (TPSA) is 0 Å². The average Bonchev–Trinajstić information content (AvgIpc) is 3.21. The SMILES string of the molecule is BrCCCCCCCCCCCCc1ccc(-c2ccc(Br)s2)s1. The lowest BCUT2D eigenvalue weighted by molar-refractivity contribution is 0.558. The van der Waals surface area contributed by atoms with Crippen molar-refractivity contribution >= 4 is 54.5 Å². The van der Waals surface area contributed by atoms with Crippen LogP contribution < -0.4 is 0 Å². The van der Waals surface area contributed by atoms with Gasteiger partial charge in [0.25, 0.3) is 0 Å². The summed E-state index contributed by atoms with van der Waals surface area (Å²) in [6.45, 7) is 0. The van der Waals surface area contributed by atoms with Crippen LogP contribution in [0.3, 0.4) is 0 Å². The van der Waals surface area contributed by atoms with Crippen LogP contribution in [0.15, 0.2) is 28.1 Å². The summed E-state index contributed by atoms with van der Waals surface area (Å²) in [6.07, 6.45) is 15.3. The highest BCUT2D eigenvalue weighted by Gasteiger charge is 2.05. The Morgan fingerprint density at radius 3 is 1.75 bits per heavy atom. The molecule has 0 radical (unpaired) electrons. The Bertz CT molecular complexity index is 559. The summed E-state index contributed by atoms with van der Waals surface area (Å²) < 4.78 is 1.22. The summed E-state index contributed by atoms with van der Waals surface area (Å²) in [5.74, 6) is 0. The van der Waals surface area contributed by atoms with E-state index in [4.69, 9.17) is 0 Å². The van der Waals surface area contributed by atoms with E-state index in [1.165, 1.54) is 89.5 Å². The zero-order chi connectivity index (χ0) is 17.0. The second kappa shape index (κ2) is 12.7. The van der Waals surface area contributed by atoms with Crippen molar-refractivity contribution in [2.24, 2.45) is 0 Å². The summed E-state index contributed by atoms with van der Waals surface area (Å²) in [5.41, 5.74) is 0. The fourth-order valence-corrected chi connectivity index (χ4v) is 5.82. The molecule has 134 valence electrons. The number of hydrogen-bond donors (Lipinski definition) is 0. The van der Waals surface area contributed by atoms with Crippen molar-refractivity contribution in [1.29, 1.82) is 0 Å². The molecule has 0 spiro atoms. The van der Waals surface area contributed by atoms with Crippen molar-refractivity contribution in [1.82, 2.24) is 0 Å². The zero-order valence-electron chi connectivity index (χ0n) is 14.4. The minimum absolute atomic E-state index is 1.17. The van der Waals surface area contributed by atoms with Crippen molar-refractivity contribution in [3.05, 3.63) is 32.9 Å². The molecule has 0 bridgehead atoms. The standard InChI is InChI=1S/C20H28Br2S2/c21-16-10-8-6-4-2-1-3-5-7-9-11-17-12-13-18(23-17)19-14-15-20(22)24-19/h12-15H,1-11,16H2. The Morgan fingerprint density at radius 1 is 0.625 bits per heavy atom. The molecule has 2 aromatic rings. The smallest absolute Gasteiger partial charge is 0.0705 e. The number of alkyl halides is 1. The van der Waals surface area contributed by atoms with E-state index < -0.39 is 0 Å². The third-order valence-corrected chi connectivity index (χ3v) is 7.81. The predicted molar refractivity (Wildman–Crippen MR) is 119 cm³/mol. The highest BCUT2D eigenvalue weighted by Crippen LogP contribution is 2.36. The summed E-state index contributed by atoms with van der Waals surface area (Å²) in [6, 6.07) is 8.96. The summed E-state index contributed by atoms with van der Waals surface area (Å²) in [5, 5.41) is 1.17. The lowest BCUT2D eigenvalue weighted by Crippen LogP contribution is -1.84. The first kappa shape index (κ1) is 20.7. The van der Waals surface area contributed by atoms with E-state index in [9.17, 15) is 0 Å². The van der Waals surface area contributed by atoms with Crippen molar-refractivity contribution < 1.29 is 0 Å². The van der Waals surface area contributed by atoms with Gasteiger partial charge in [-0.3, -0.25) is 0 Å². The molecule has 4 heteroatoms. The fraction of sp³-hybridized carbons (Fsp3) is 0.600. The maximum Gasteiger partial charge on any atom is 0.0705 e. The van der Waals surface area contributed by atoms with Crippen LogP contribution in [0.4, 0.5) is 0 Å². The first-order valence-electron chi connectivity index (χ1n) is 9.20. The average molecular weight is 492 g/mol. The predicted octanol–water partition coefficient (Wildman–Crippen LogP) is 9.08. The van der Waals surface area contributed by atoms with Gasteiger partial charge in [0.2, 0.25) is 0 Å². The molecular formula is C20H28Br2S2. The maximum atomic E-state index is 3.55. The molecular weight excluding hydrogens is 464 g/mol. The summed E-state index contributed by atoms with van der Waals surface area (Å²) >= 11 is 10.8. The van der Waals surface area contributed by atoms with Gasteiger partial charge in [-0.15, -0.1) is 22.7 Å². The van der Waals surface area contributed by atoms with Gasteiger partial charge in [-0.05, 0) is 59.5 Å². The van der Waals surface area contributed by atoms with Gasteiger partial charge in [0, 0.05) is 20.0 Å². The Labute approximate surface area is 172 Å². The fourth-order valence-electron chi connectivity index (χ4n) is 2.90. The van der Waals surface area contributed by atoms with Crippen LogP contribution >= 0.6 is 54.5 Å². The van der Waals surface area contributed by atoms with Gasteiger partial charge in [0.05, 0.1) is 3.79 Å². The molecule has 0 N–H and O–H groups in total. The van der Waals surface area contributed by atoms with Gasteiger partial charge in [-0.1, -0.05) is 67.3 Å². The lowest BCUT2D eigenvalue weighted by atomic mass is 10.1. The van der Waals surface area contributed by atoms with Crippen LogP contribution in [-0.4, -0.2) is 5.33 Å². The number of thiophene rings is 2. The molecule has 2 aromatic heterocycles. The minimum atomic E-state index is 1.17. The Kier molecular flexibility index (Phi) is 10.9. The van der Waals surface area contributed by atoms with Gasteiger partial charge >= 0.3 is 0 Å². The normalized spacial score (nSPS) is 11.2. The Morgan fingerprint density at radius 2 is 1.17 bits per heavy atom. The molecule has 0 atom stereocenters. The molecule has 0 amide bonds. The van der Waals surface area contributed by atoms with Crippen molar-refractivity contribution in [2.45, 2.75) is 70.6 Å². The monoisotopic (exact) mass is 490 g/mol. The molecule has 0 aliphatic carbocycles. The van der Waals surface area contributed by atoms with Crippen molar-refractivity contribution in [2.75, 3.05) is 5.33 Å². The maximum absolute atomic E-state index is 3.55. The van der Waals surface area contributed by atoms with Crippen molar-refractivity contribution in [3.63, 3.8) is 0 Å². The van der Waals surface area contributed by atoms with Crippen LogP contribution in [0.5, 0.6) is 0 Å². The van der Waals surface area contributed by atoms with Crippen LogP contribution in [-0.2, 0) is 6.42 Å². The number of aryl methyl sites for hydroxylation is 1. The zero-order valence-corrected chi connectivity index (χ0v) is 19.2. The van der Waals surface area contributed by atoms with E-state index in [0.717, 1.165) is 0 Å². The first-order chi connectivity index (χ1) is 11.8. The van der Waals surface area contributed by atoms with Crippen LogP contribution in [0.2, 0.25) is 0 Å². The molecule has 24 heavy (non-hydrogen) atoms. The quantitative estimate of drug-likeness (QED) is 0.193. The van der Waals surface area contributed by atoms with Gasteiger partial charge in [0.1, 0.15) is 0 Å². The second-order valence-corrected chi connectivity index (χ2v) is 10.8. The van der Waals surface area contributed by atoms with Gasteiger partial charge in [-0.2, -0.15) is 0 Å². The van der Waals surface area contributed by atoms with E-state index in [1.54, 1.807) is 4.88 Å². The number of hydrogen-bond acceptors (Lipinski definition) is 2. The Balaban J connectivity index is 1.49. The van der Waals surface area contributed by atoms with Gasteiger partial charge < -0.3 is 0 Å². The molecule has 0 fully saturated rings. The highest BCUT2D eigenvalue weighted by atomic mass is 79.9. The largest absolute Gasteiger partial charge is 0.139 e. The molecule has 0 aliphatic rings. The number of rotatable bonds is 13. The highest BCUT2D eigenvalue weighted by molar-refractivity contribution is 9.11. The molecule has 0 nitrogen and oxygen atoms in total. The Hall–Kier alpha value is 0.360. The molecule has 0 saturated heterocycles. The van der Waals surface area contributed by atoms with Crippen LogP contribution in [0.1, 0.15) is 69.1 Å².